The molecule has 0 spiro atoms. The van der Waals surface area contributed by atoms with Gasteiger partial charge >= 0.3 is 0 Å². The summed E-state index contributed by atoms with van der Waals surface area (Å²) < 4.78 is 11.4. The molecule has 0 aliphatic heterocycles. The van der Waals surface area contributed by atoms with Gasteiger partial charge in [-0.2, -0.15) is 0 Å². The van der Waals surface area contributed by atoms with Gasteiger partial charge < -0.3 is 14.5 Å². The second kappa shape index (κ2) is 8.87. The smallest absolute Gasteiger partial charge is 0.267 e. The Kier molecular flexibility index (Phi) is 6.01. The van der Waals surface area contributed by atoms with Crippen LogP contribution in [0.4, 0.5) is 5.69 Å². The number of ether oxygens (including phenoxy) is 1. The van der Waals surface area contributed by atoms with E-state index in [0.29, 0.717) is 28.1 Å². The predicted molar refractivity (Wildman–Crippen MR) is 128 cm³/mol. The number of nitrogens with one attached hydrogen (secondary N) is 2. The highest BCUT2D eigenvalue weighted by Crippen LogP contribution is 2.32. The number of benzene rings is 2. The summed E-state index contributed by atoms with van der Waals surface area (Å²) in [5, 5.41) is 7.72. The summed E-state index contributed by atoms with van der Waals surface area (Å²) in [5.41, 5.74) is 4.10. The Bertz CT molecular complexity index is 1250. The number of oxazole rings is 1. The van der Waals surface area contributed by atoms with Crippen LogP contribution in [-0.2, 0) is 0 Å². The number of rotatable bonds is 5. The van der Waals surface area contributed by atoms with Crippen LogP contribution in [0.1, 0.15) is 35.0 Å². The fraction of sp³-hybridized carbons (Fsp3) is 0.174. The predicted octanol–water partition coefficient (Wildman–Crippen LogP) is 5.82. The number of aromatic nitrogens is 1. The van der Waals surface area contributed by atoms with Crippen LogP contribution >= 0.6 is 23.6 Å². The Hall–Kier alpha value is -3.23. The third-order valence-corrected chi connectivity index (χ3v) is 5.82. The van der Waals surface area contributed by atoms with Crippen LogP contribution in [0.25, 0.3) is 22.6 Å². The quantitative estimate of drug-likeness (QED) is 0.373. The number of hydrogen-bond acceptors (Lipinski definition) is 6. The number of carbonyl (C=O) groups excluding carboxylic acids is 1. The van der Waals surface area contributed by atoms with Crippen molar-refractivity contribution in [3.63, 3.8) is 0 Å². The molecule has 2 aromatic heterocycles. The van der Waals surface area contributed by atoms with Gasteiger partial charge in [0.15, 0.2) is 10.7 Å². The van der Waals surface area contributed by atoms with Gasteiger partial charge in [0.05, 0.1) is 17.7 Å². The van der Waals surface area contributed by atoms with Crippen molar-refractivity contribution in [1.82, 2.24) is 10.3 Å². The molecule has 0 atom stereocenters. The maximum Gasteiger partial charge on any atom is 0.267 e. The lowest BCUT2D eigenvalue weighted by Gasteiger charge is -2.13. The van der Waals surface area contributed by atoms with E-state index in [4.69, 9.17) is 21.4 Å². The molecule has 0 bridgehead atoms. The van der Waals surface area contributed by atoms with Crippen LogP contribution in [0.5, 0.6) is 5.75 Å². The molecule has 0 aliphatic rings. The molecule has 0 saturated carbocycles. The summed E-state index contributed by atoms with van der Waals surface area (Å²) in [4.78, 5) is 17.5. The van der Waals surface area contributed by atoms with Crippen molar-refractivity contribution in [2.24, 2.45) is 0 Å². The summed E-state index contributed by atoms with van der Waals surface area (Å²) in [6.45, 7) is 4.29. The standard InChI is InChI=1S/C23H21N3O3S2/c1-13(2)14-6-9-19-17(11-14)24-22(29-19)15-7-8-18(28-3)16(12-15)25-23(30)26-21(27)20-5-4-10-31-20/h4-13H,1-3H3,(H2,25,26,27,30). The summed E-state index contributed by atoms with van der Waals surface area (Å²) >= 11 is 6.66. The van der Waals surface area contributed by atoms with Crippen LogP contribution < -0.4 is 15.4 Å². The van der Waals surface area contributed by atoms with E-state index in [9.17, 15) is 4.79 Å². The van der Waals surface area contributed by atoms with E-state index in [1.165, 1.54) is 16.9 Å². The molecule has 4 rings (SSSR count). The summed E-state index contributed by atoms with van der Waals surface area (Å²) in [6.07, 6.45) is 0. The highest BCUT2D eigenvalue weighted by atomic mass is 32.1. The molecule has 158 valence electrons. The van der Waals surface area contributed by atoms with Crippen molar-refractivity contribution < 1.29 is 13.9 Å². The summed E-state index contributed by atoms with van der Waals surface area (Å²) in [7, 11) is 1.57. The monoisotopic (exact) mass is 451 g/mol. The van der Waals surface area contributed by atoms with Crippen LogP contribution in [0.15, 0.2) is 58.3 Å². The molecule has 8 heteroatoms. The van der Waals surface area contributed by atoms with E-state index in [0.717, 1.165) is 16.7 Å². The van der Waals surface area contributed by atoms with E-state index in [1.807, 2.05) is 35.7 Å². The molecule has 2 aromatic carbocycles. The van der Waals surface area contributed by atoms with Crippen molar-refractivity contribution in [3.05, 3.63) is 64.4 Å². The molecular weight excluding hydrogens is 430 g/mol. The molecule has 4 aromatic rings. The summed E-state index contributed by atoms with van der Waals surface area (Å²) in [5.74, 6) is 1.22. The van der Waals surface area contributed by atoms with Gasteiger partial charge in [0.25, 0.3) is 5.91 Å². The Labute approximate surface area is 189 Å². The first-order valence-electron chi connectivity index (χ1n) is 9.69. The highest BCUT2D eigenvalue weighted by molar-refractivity contribution is 7.80. The number of amides is 1. The molecule has 31 heavy (non-hydrogen) atoms. The van der Waals surface area contributed by atoms with Crippen molar-refractivity contribution in [2.45, 2.75) is 19.8 Å². The minimum Gasteiger partial charge on any atom is -0.495 e. The number of fused-ring (bicyclic) bond motifs is 1. The lowest BCUT2D eigenvalue weighted by molar-refractivity contribution is 0.0981. The van der Waals surface area contributed by atoms with Gasteiger partial charge in [-0.15, -0.1) is 11.3 Å². The third-order valence-electron chi connectivity index (χ3n) is 4.74. The minimum absolute atomic E-state index is 0.174. The number of carbonyl (C=O) groups is 1. The number of nitrogens with zero attached hydrogens (tertiary/aromatic N) is 1. The van der Waals surface area contributed by atoms with Crippen molar-refractivity contribution in [1.29, 1.82) is 0 Å². The Morgan fingerprint density at radius 1 is 1.19 bits per heavy atom. The van der Waals surface area contributed by atoms with Gasteiger partial charge in [-0.3, -0.25) is 10.1 Å². The molecule has 0 unspecified atom stereocenters. The number of thiophene rings is 1. The normalized spacial score (nSPS) is 11.0. The summed E-state index contributed by atoms with van der Waals surface area (Å²) in [6, 6.07) is 15.1. The average molecular weight is 452 g/mol. The fourth-order valence-electron chi connectivity index (χ4n) is 3.09. The van der Waals surface area contributed by atoms with Gasteiger partial charge in [0.1, 0.15) is 11.3 Å². The largest absolute Gasteiger partial charge is 0.495 e. The second-order valence-corrected chi connectivity index (χ2v) is 8.56. The molecule has 6 nitrogen and oxygen atoms in total. The van der Waals surface area contributed by atoms with Crippen LogP contribution in [0.3, 0.4) is 0 Å². The van der Waals surface area contributed by atoms with Crippen molar-refractivity contribution in [3.8, 4) is 17.2 Å². The van der Waals surface area contributed by atoms with Crippen LogP contribution in [-0.4, -0.2) is 23.1 Å². The van der Waals surface area contributed by atoms with E-state index in [1.54, 1.807) is 19.2 Å². The average Bonchev–Trinajstić information content (AvgIpc) is 3.43. The Balaban J connectivity index is 1.59. The SMILES string of the molecule is COc1ccc(-c2nc3cc(C(C)C)ccc3o2)cc1NC(=S)NC(=O)c1cccs1. The van der Waals surface area contributed by atoms with E-state index in [2.05, 4.69) is 35.5 Å². The zero-order chi connectivity index (χ0) is 22.0. The molecule has 2 N–H and O–H groups in total. The van der Waals surface area contributed by atoms with Crippen molar-refractivity contribution >= 4 is 51.4 Å². The molecule has 0 fully saturated rings. The zero-order valence-electron chi connectivity index (χ0n) is 17.3. The van der Waals surface area contributed by atoms with Crippen LogP contribution in [0, 0.1) is 0 Å². The maximum absolute atomic E-state index is 12.2. The number of thiocarbonyl (C=S) groups is 1. The first-order chi connectivity index (χ1) is 14.9. The lowest BCUT2D eigenvalue weighted by Crippen LogP contribution is -2.33. The van der Waals surface area contributed by atoms with E-state index < -0.39 is 0 Å². The molecule has 0 aliphatic carbocycles. The molecular formula is C23H21N3O3S2. The van der Waals surface area contributed by atoms with Gasteiger partial charge in [-0.25, -0.2) is 4.98 Å². The fourth-order valence-corrected chi connectivity index (χ4v) is 3.91. The minimum atomic E-state index is -0.262. The first kappa shape index (κ1) is 21.0. The van der Waals surface area contributed by atoms with Gasteiger partial charge in [0, 0.05) is 5.56 Å². The lowest BCUT2D eigenvalue weighted by atomic mass is 10.0. The number of anilines is 1. The molecule has 1 amide bonds. The van der Waals surface area contributed by atoms with Crippen molar-refractivity contribution in [2.75, 3.05) is 12.4 Å². The number of methoxy groups -OCH3 is 1. The Morgan fingerprint density at radius 3 is 2.74 bits per heavy atom. The molecule has 0 saturated heterocycles. The zero-order valence-corrected chi connectivity index (χ0v) is 18.9. The topological polar surface area (TPSA) is 76.4 Å². The van der Waals surface area contributed by atoms with E-state index in [-0.39, 0.29) is 11.0 Å². The van der Waals surface area contributed by atoms with Gasteiger partial charge in [-0.1, -0.05) is 26.0 Å². The first-order valence-corrected chi connectivity index (χ1v) is 11.0. The highest BCUT2D eigenvalue weighted by Gasteiger charge is 2.15. The molecule has 2 heterocycles. The molecule has 0 radical (unpaired) electrons. The van der Waals surface area contributed by atoms with E-state index >= 15 is 0 Å². The van der Waals surface area contributed by atoms with Gasteiger partial charge in [0.2, 0.25) is 5.89 Å². The third kappa shape index (κ3) is 4.60. The second-order valence-electron chi connectivity index (χ2n) is 7.20. The maximum atomic E-state index is 12.2. The van der Waals surface area contributed by atoms with Gasteiger partial charge in [-0.05, 0) is 65.5 Å². The Morgan fingerprint density at radius 2 is 2.03 bits per heavy atom. The van der Waals surface area contributed by atoms with Crippen LogP contribution in [0.2, 0.25) is 0 Å². The number of hydrogen-bond donors (Lipinski definition) is 2.